The summed E-state index contributed by atoms with van der Waals surface area (Å²) in [4.78, 5) is 0. The average Bonchev–Trinajstić information content (AvgIpc) is 2.81. The fraction of sp³-hybridized carbons (Fsp3) is 0.438. The van der Waals surface area contributed by atoms with E-state index in [1.807, 2.05) is 30.8 Å². The fourth-order valence-corrected chi connectivity index (χ4v) is 2.19. The molecule has 0 aliphatic rings. The van der Waals surface area contributed by atoms with E-state index >= 15 is 0 Å². The third-order valence-electron chi connectivity index (χ3n) is 3.09. The van der Waals surface area contributed by atoms with Crippen molar-refractivity contribution in [3.05, 3.63) is 36.0 Å². The lowest BCUT2D eigenvalue weighted by atomic mass is 10.1. The Bertz CT molecular complexity index is 531. The molecular formula is C16H23N3O. The number of hydrogen-bond donors (Lipinski definition) is 1. The summed E-state index contributed by atoms with van der Waals surface area (Å²) in [5, 5.41) is 8.00. The maximum Gasteiger partial charge on any atom is 0.119 e. The average molecular weight is 273 g/mol. The van der Waals surface area contributed by atoms with Gasteiger partial charge in [-0.2, -0.15) is 5.10 Å². The maximum absolute atomic E-state index is 5.47. The van der Waals surface area contributed by atoms with Crippen LogP contribution < -0.4 is 10.1 Å². The number of aryl methyl sites for hydroxylation is 1. The number of nitrogens with one attached hydrogen (secondary N) is 1. The van der Waals surface area contributed by atoms with Crippen LogP contribution in [-0.4, -0.2) is 22.9 Å². The lowest BCUT2D eigenvalue weighted by molar-refractivity contribution is 0.340. The Morgan fingerprint density at radius 3 is 2.60 bits per heavy atom. The summed E-state index contributed by atoms with van der Waals surface area (Å²) in [5.41, 5.74) is 3.40. The summed E-state index contributed by atoms with van der Waals surface area (Å²) < 4.78 is 7.34. The Kier molecular flexibility index (Phi) is 5.18. The second-order valence-electron chi connectivity index (χ2n) is 4.81. The van der Waals surface area contributed by atoms with Crippen molar-refractivity contribution in [3.63, 3.8) is 0 Å². The van der Waals surface area contributed by atoms with Gasteiger partial charge in [0.25, 0.3) is 0 Å². The van der Waals surface area contributed by atoms with Crippen LogP contribution in [-0.2, 0) is 13.6 Å². The molecule has 1 aromatic carbocycles. The Labute approximate surface area is 120 Å². The topological polar surface area (TPSA) is 39.1 Å². The molecule has 0 saturated heterocycles. The summed E-state index contributed by atoms with van der Waals surface area (Å²) in [6, 6.07) is 8.13. The zero-order valence-corrected chi connectivity index (χ0v) is 12.5. The van der Waals surface area contributed by atoms with Crippen molar-refractivity contribution in [2.45, 2.75) is 26.8 Å². The van der Waals surface area contributed by atoms with E-state index in [2.05, 4.69) is 35.7 Å². The molecule has 2 aromatic rings. The van der Waals surface area contributed by atoms with Gasteiger partial charge in [0.15, 0.2) is 0 Å². The maximum atomic E-state index is 5.47. The minimum atomic E-state index is 0.690. The van der Waals surface area contributed by atoms with Crippen molar-refractivity contribution < 1.29 is 4.74 Å². The largest absolute Gasteiger partial charge is 0.494 e. The van der Waals surface area contributed by atoms with Crippen LogP contribution in [0.1, 0.15) is 25.8 Å². The van der Waals surface area contributed by atoms with E-state index in [0.29, 0.717) is 6.61 Å². The Balaban J connectivity index is 2.18. The van der Waals surface area contributed by atoms with Crippen LogP contribution in [0.25, 0.3) is 11.3 Å². The molecule has 0 saturated carbocycles. The molecule has 0 radical (unpaired) electrons. The smallest absolute Gasteiger partial charge is 0.119 e. The SMILES string of the molecule is CCCNCc1cn(C)nc1-c1ccc(OCC)cc1. The second kappa shape index (κ2) is 7.10. The highest BCUT2D eigenvalue weighted by molar-refractivity contribution is 5.63. The van der Waals surface area contributed by atoms with E-state index in [1.54, 1.807) is 0 Å². The van der Waals surface area contributed by atoms with E-state index in [0.717, 1.165) is 36.5 Å². The van der Waals surface area contributed by atoms with Gasteiger partial charge in [-0.05, 0) is 44.2 Å². The molecule has 1 heterocycles. The molecule has 20 heavy (non-hydrogen) atoms. The number of benzene rings is 1. The van der Waals surface area contributed by atoms with Crippen LogP contribution in [0.4, 0.5) is 0 Å². The molecule has 4 nitrogen and oxygen atoms in total. The first kappa shape index (κ1) is 14.6. The highest BCUT2D eigenvalue weighted by atomic mass is 16.5. The van der Waals surface area contributed by atoms with Gasteiger partial charge in [-0.15, -0.1) is 0 Å². The third kappa shape index (κ3) is 3.61. The lowest BCUT2D eigenvalue weighted by Crippen LogP contribution is -2.13. The Morgan fingerprint density at radius 1 is 1.20 bits per heavy atom. The quantitative estimate of drug-likeness (QED) is 0.788. The molecule has 0 spiro atoms. The summed E-state index contributed by atoms with van der Waals surface area (Å²) in [6.45, 7) is 6.73. The third-order valence-corrected chi connectivity index (χ3v) is 3.09. The molecule has 0 bridgehead atoms. The Hall–Kier alpha value is -1.81. The number of nitrogens with zero attached hydrogens (tertiary/aromatic N) is 2. The van der Waals surface area contributed by atoms with E-state index in [9.17, 15) is 0 Å². The summed E-state index contributed by atoms with van der Waals surface area (Å²) in [5.74, 6) is 0.901. The monoisotopic (exact) mass is 273 g/mol. The number of aromatic nitrogens is 2. The molecule has 0 fully saturated rings. The standard InChI is InChI=1S/C16H23N3O/c1-4-10-17-11-14-12-19(3)18-16(14)13-6-8-15(9-7-13)20-5-2/h6-9,12,17H,4-5,10-11H2,1-3H3. The van der Waals surface area contributed by atoms with Gasteiger partial charge in [-0.1, -0.05) is 6.92 Å². The molecule has 2 rings (SSSR count). The van der Waals surface area contributed by atoms with Gasteiger partial charge >= 0.3 is 0 Å². The fourth-order valence-electron chi connectivity index (χ4n) is 2.19. The van der Waals surface area contributed by atoms with E-state index < -0.39 is 0 Å². The molecule has 1 aromatic heterocycles. The van der Waals surface area contributed by atoms with E-state index in [-0.39, 0.29) is 0 Å². The van der Waals surface area contributed by atoms with Gasteiger partial charge in [0, 0.05) is 30.9 Å². The van der Waals surface area contributed by atoms with Gasteiger partial charge in [-0.3, -0.25) is 4.68 Å². The second-order valence-corrected chi connectivity index (χ2v) is 4.81. The molecule has 0 amide bonds. The zero-order chi connectivity index (χ0) is 14.4. The van der Waals surface area contributed by atoms with Crippen molar-refractivity contribution in [3.8, 4) is 17.0 Å². The zero-order valence-electron chi connectivity index (χ0n) is 12.5. The minimum absolute atomic E-state index is 0.690. The van der Waals surface area contributed by atoms with Gasteiger partial charge in [0.05, 0.1) is 12.3 Å². The van der Waals surface area contributed by atoms with Gasteiger partial charge in [0.2, 0.25) is 0 Å². The predicted molar refractivity (Wildman–Crippen MR) is 81.8 cm³/mol. The molecule has 0 unspecified atom stereocenters. The Morgan fingerprint density at radius 2 is 1.95 bits per heavy atom. The number of ether oxygens (including phenoxy) is 1. The van der Waals surface area contributed by atoms with E-state index in [1.165, 1.54) is 5.56 Å². The van der Waals surface area contributed by atoms with Crippen LogP contribution in [0.3, 0.4) is 0 Å². The van der Waals surface area contributed by atoms with Gasteiger partial charge < -0.3 is 10.1 Å². The van der Waals surface area contributed by atoms with Crippen LogP contribution in [0.2, 0.25) is 0 Å². The lowest BCUT2D eigenvalue weighted by Gasteiger charge is -2.06. The summed E-state index contributed by atoms with van der Waals surface area (Å²) in [7, 11) is 1.96. The summed E-state index contributed by atoms with van der Waals surface area (Å²) in [6.07, 6.45) is 3.22. The first-order valence-corrected chi connectivity index (χ1v) is 7.21. The van der Waals surface area contributed by atoms with Crippen molar-refractivity contribution in [1.29, 1.82) is 0 Å². The molecule has 0 atom stereocenters. The molecule has 108 valence electrons. The van der Waals surface area contributed by atoms with Crippen molar-refractivity contribution >= 4 is 0 Å². The minimum Gasteiger partial charge on any atom is -0.494 e. The highest BCUT2D eigenvalue weighted by Crippen LogP contribution is 2.24. The molecule has 4 heteroatoms. The van der Waals surface area contributed by atoms with Crippen LogP contribution in [0.5, 0.6) is 5.75 Å². The van der Waals surface area contributed by atoms with Crippen LogP contribution in [0.15, 0.2) is 30.5 Å². The normalized spacial score (nSPS) is 10.8. The van der Waals surface area contributed by atoms with Crippen molar-refractivity contribution in [2.75, 3.05) is 13.2 Å². The van der Waals surface area contributed by atoms with Crippen molar-refractivity contribution in [2.24, 2.45) is 7.05 Å². The number of hydrogen-bond acceptors (Lipinski definition) is 3. The molecule has 0 aliphatic carbocycles. The van der Waals surface area contributed by atoms with Crippen molar-refractivity contribution in [1.82, 2.24) is 15.1 Å². The first-order chi connectivity index (χ1) is 9.74. The molecular weight excluding hydrogens is 250 g/mol. The highest BCUT2D eigenvalue weighted by Gasteiger charge is 2.09. The molecule has 1 N–H and O–H groups in total. The first-order valence-electron chi connectivity index (χ1n) is 7.21. The van der Waals surface area contributed by atoms with Gasteiger partial charge in [0.1, 0.15) is 5.75 Å². The molecule has 0 aliphatic heterocycles. The van der Waals surface area contributed by atoms with Crippen LogP contribution in [0, 0.1) is 0 Å². The summed E-state index contributed by atoms with van der Waals surface area (Å²) >= 11 is 0. The number of rotatable bonds is 7. The van der Waals surface area contributed by atoms with E-state index in [4.69, 9.17) is 4.74 Å². The van der Waals surface area contributed by atoms with Gasteiger partial charge in [-0.25, -0.2) is 0 Å². The predicted octanol–water partition coefficient (Wildman–Crippen LogP) is 2.99. The van der Waals surface area contributed by atoms with Crippen LogP contribution >= 0.6 is 0 Å².